The van der Waals surface area contributed by atoms with Crippen LogP contribution in [0.15, 0.2) is 0 Å². The molecule has 0 radical (unpaired) electrons. The summed E-state index contributed by atoms with van der Waals surface area (Å²) in [6.45, 7) is 3.40. The number of nitrogens with two attached hydrogens (primary N) is 1. The van der Waals surface area contributed by atoms with Crippen LogP contribution in [0, 0.1) is 40.9 Å². The Morgan fingerprint density at radius 2 is 1.45 bits per heavy atom. The lowest BCUT2D eigenvalue weighted by atomic mass is 9.43. The van der Waals surface area contributed by atoms with E-state index in [4.69, 9.17) is 5.73 Å². The van der Waals surface area contributed by atoms with Gasteiger partial charge in [-0.3, -0.25) is 0 Å². The van der Waals surface area contributed by atoms with Crippen LogP contribution in [0.1, 0.15) is 71.1 Å². The van der Waals surface area contributed by atoms with Gasteiger partial charge < -0.3 is 5.73 Å². The first-order valence-corrected chi connectivity index (χ1v) is 9.43. The second-order valence-corrected chi connectivity index (χ2v) is 8.89. The quantitative estimate of drug-likeness (QED) is 0.800. The van der Waals surface area contributed by atoms with Gasteiger partial charge in [-0.1, -0.05) is 26.2 Å². The molecule has 0 aromatic rings. The van der Waals surface area contributed by atoms with Crippen molar-refractivity contribution in [1.82, 2.24) is 0 Å². The van der Waals surface area contributed by atoms with Crippen molar-refractivity contribution in [3.8, 4) is 0 Å². The largest absolute Gasteiger partial charge is 0.330 e. The van der Waals surface area contributed by atoms with Crippen molar-refractivity contribution < 1.29 is 0 Å². The van der Waals surface area contributed by atoms with Crippen LogP contribution >= 0.6 is 0 Å². The fourth-order valence-corrected chi connectivity index (χ4v) is 7.46. The van der Waals surface area contributed by atoms with Crippen LogP contribution in [-0.4, -0.2) is 6.54 Å². The maximum atomic E-state index is 6.18. The van der Waals surface area contributed by atoms with Crippen LogP contribution in [0.2, 0.25) is 0 Å². The molecule has 0 saturated heterocycles. The summed E-state index contributed by atoms with van der Waals surface area (Å²) >= 11 is 0. The fourth-order valence-electron chi connectivity index (χ4n) is 7.46. The van der Waals surface area contributed by atoms with Crippen molar-refractivity contribution >= 4 is 0 Å². The summed E-state index contributed by atoms with van der Waals surface area (Å²) in [6, 6.07) is 0. The van der Waals surface area contributed by atoms with Crippen molar-refractivity contribution in [2.45, 2.75) is 71.1 Å². The average Bonchev–Trinajstić information content (AvgIpc) is 2.46. The van der Waals surface area contributed by atoms with Crippen LogP contribution in [0.5, 0.6) is 0 Å². The third-order valence-electron chi connectivity index (χ3n) is 8.01. The Morgan fingerprint density at radius 3 is 1.95 bits per heavy atom. The Hall–Kier alpha value is -0.0400. The molecule has 0 aromatic carbocycles. The highest BCUT2D eigenvalue weighted by Crippen LogP contribution is 2.65. The van der Waals surface area contributed by atoms with Crippen LogP contribution < -0.4 is 5.73 Å². The summed E-state index contributed by atoms with van der Waals surface area (Å²) in [5.41, 5.74) is 6.82. The highest BCUT2D eigenvalue weighted by Gasteiger charge is 2.56. The third kappa shape index (κ3) is 1.91. The highest BCUT2D eigenvalue weighted by atomic mass is 14.6. The van der Waals surface area contributed by atoms with Gasteiger partial charge in [-0.2, -0.15) is 0 Å². The van der Waals surface area contributed by atoms with Gasteiger partial charge in [0.15, 0.2) is 0 Å². The molecule has 5 rings (SSSR count). The zero-order chi connectivity index (χ0) is 13.7. The Morgan fingerprint density at radius 1 is 0.900 bits per heavy atom. The van der Waals surface area contributed by atoms with Crippen LogP contribution in [-0.2, 0) is 0 Å². The van der Waals surface area contributed by atoms with Gasteiger partial charge in [0.1, 0.15) is 0 Å². The molecule has 0 heterocycles. The molecular weight excluding hydrogens is 242 g/mol. The lowest BCUT2D eigenvalue weighted by Gasteiger charge is -2.62. The summed E-state index contributed by atoms with van der Waals surface area (Å²) in [7, 11) is 0. The molecule has 0 aliphatic heterocycles. The standard InChI is InChI=1S/C19H33N/c1-13(12-20)19(5-3-2-4-6-19)18-16-8-14-7-15(10-16)11-17(18)9-14/h13-18H,2-12,20H2,1H3. The smallest absolute Gasteiger partial charge is 0.00461 e. The molecule has 1 heteroatoms. The van der Waals surface area contributed by atoms with E-state index in [0.717, 1.165) is 42.1 Å². The van der Waals surface area contributed by atoms with E-state index in [1.54, 1.807) is 32.1 Å². The van der Waals surface area contributed by atoms with Gasteiger partial charge in [0.2, 0.25) is 0 Å². The normalized spacial score (nSPS) is 47.4. The Kier molecular flexibility index (Phi) is 3.41. The van der Waals surface area contributed by atoms with E-state index in [-0.39, 0.29) is 0 Å². The number of hydrogen-bond donors (Lipinski definition) is 1. The molecule has 114 valence electrons. The van der Waals surface area contributed by atoms with Gasteiger partial charge in [-0.25, -0.2) is 0 Å². The van der Waals surface area contributed by atoms with E-state index in [1.807, 2.05) is 0 Å². The van der Waals surface area contributed by atoms with Gasteiger partial charge in [0.25, 0.3) is 0 Å². The molecule has 5 saturated carbocycles. The van der Waals surface area contributed by atoms with E-state index >= 15 is 0 Å². The Labute approximate surface area is 125 Å². The Balaban J connectivity index is 1.66. The molecule has 20 heavy (non-hydrogen) atoms. The van der Waals surface area contributed by atoms with Crippen LogP contribution in [0.4, 0.5) is 0 Å². The molecule has 0 amide bonds. The van der Waals surface area contributed by atoms with Crippen molar-refractivity contribution in [3.05, 3.63) is 0 Å². The molecule has 4 bridgehead atoms. The summed E-state index contributed by atoms with van der Waals surface area (Å²) in [4.78, 5) is 0. The molecule has 5 aliphatic carbocycles. The first-order valence-electron chi connectivity index (χ1n) is 9.43. The van der Waals surface area contributed by atoms with Gasteiger partial charge in [-0.05, 0) is 92.4 Å². The van der Waals surface area contributed by atoms with E-state index in [2.05, 4.69) is 6.92 Å². The molecule has 0 spiro atoms. The third-order valence-corrected chi connectivity index (χ3v) is 8.01. The molecular formula is C19H33N. The molecule has 5 fully saturated rings. The maximum Gasteiger partial charge on any atom is -0.00461 e. The SMILES string of the molecule is CC(CN)C1(C2C3CC4CC(C3)CC2C4)CCCCC1. The average molecular weight is 275 g/mol. The van der Waals surface area contributed by atoms with Crippen LogP contribution in [0.3, 0.4) is 0 Å². The molecule has 2 N–H and O–H groups in total. The second-order valence-electron chi connectivity index (χ2n) is 8.89. The predicted octanol–water partition coefficient (Wildman–Crippen LogP) is 4.60. The van der Waals surface area contributed by atoms with Crippen LogP contribution in [0.25, 0.3) is 0 Å². The molecule has 1 nitrogen and oxygen atoms in total. The Bertz CT molecular complexity index is 327. The predicted molar refractivity (Wildman–Crippen MR) is 84.3 cm³/mol. The number of hydrogen-bond acceptors (Lipinski definition) is 1. The lowest BCUT2D eigenvalue weighted by Crippen LogP contribution is -2.55. The van der Waals surface area contributed by atoms with Gasteiger partial charge >= 0.3 is 0 Å². The first kappa shape index (κ1) is 13.6. The van der Waals surface area contributed by atoms with Crippen molar-refractivity contribution in [2.75, 3.05) is 6.54 Å². The van der Waals surface area contributed by atoms with Gasteiger partial charge in [0.05, 0.1) is 0 Å². The summed E-state index contributed by atoms with van der Waals surface area (Å²) in [5, 5.41) is 0. The molecule has 1 unspecified atom stereocenters. The fraction of sp³-hybridized carbons (Fsp3) is 1.00. The summed E-state index contributed by atoms with van der Waals surface area (Å²) in [5.74, 6) is 6.20. The maximum absolute atomic E-state index is 6.18. The lowest BCUT2D eigenvalue weighted by molar-refractivity contribution is -0.127. The topological polar surface area (TPSA) is 26.0 Å². The van der Waals surface area contributed by atoms with Crippen molar-refractivity contribution in [2.24, 2.45) is 46.7 Å². The van der Waals surface area contributed by atoms with E-state index in [0.29, 0.717) is 5.41 Å². The summed E-state index contributed by atoms with van der Waals surface area (Å²) in [6.07, 6.45) is 15.3. The zero-order valence-corrected chi connectivity index (χ0v) is 13.3. The zero-order valence-electron chi connectivity index (χ0n) is 13.3. The van der Waals surface area contributed by atoms with Crippen molar-refractivity contribution in [3.63, 3.8) is 0 Å². The van der Waals surface area contributed by atoms with E-state index in [9.17, 15) is 0 Å². The molecule has 1 atom stereocenters. The number of rotatable bonds is 3. The van der Waals surface area contributed by atoms with E-state index in [1.165, 1.54) is 32.1 Å². The first-order chi connectivity index (χ1) is 9.73. The monoisotopic (exact) mass is 275 g/mol. The summed E-state index contributed by atoms with van der Waals surface area (Å²) < 4.78 is 0. The van der Waals surface area contributed by atoms with Crippen molar-refractivity contribution in [1.29, 1.82) is 0 Å². The molecule has 0 aromatic heterocycles. The minimum Gasteiger partial charge on any atom is -0.330 e. The second kappa shape index (κ2) is 5.00. The van der Waals surface area contributed by atoms with Gasteiger partial charge in [-0.15, -0.1) is 0 Å². The minimum absolute atomic E-state index is 0.635. The molecule has 5 aliphatic rings. The highest BCUT2D eigenvalue weighted by molar-refractivity contribution is 5.06. The van der Waals surface area contributed by atoms with Gasteiger partial charge in [0, 0.05) is 0 Å². The van der Waals surface area contributed by atoms with E-state index < -0.39 is 0 Å². The minimum atomic E-state index is 0.635.